The van der Waals surface area contributed by atoms with E-state index in [4.69, 9.17) is 4.98 Å². The van der Waals surface area contributed by atoms with E-state index in [9.17, 15) is 8.42 Å². The minimum atomic E-state index is -3.64. The summed E-state index contributed by atoms with van der Waals surface area (Å²) in [7, 11) is -3.64. The van der Waals surface area contributed by atoms with Crippen LogP contribution in [0.4, 0.5) is 23.1 Å². The molecule has 0 aliphatic carbocycles. The quantitative estimate of drug-likeness (QED) is 0.433. The summed E-state index contributed by atoms with van der Waals surface area (Å²) in [6.45, 7) is 15.0. The van der Waals surface area contributed by atoms with Crippen molar-refractivity contribution in [3.05, 3.63) is 65.9 Å². The van der Waals surface area contributed by atoms with Gasteiger partial charge in [-0.3, -0.25) is 4.90 Å². The maximum absolute atomic E-state index is 12.9. The molecule has 0 saturated carbocycles. The smallest absolute Gasteiger partial charge is 0.241 e. The first kappa shape index (κ1) is 27.5. The Balaban J connectivity index is 1.28. The summed E-state index contributed by atoms with van der Waals surface area (Å²) in [6, 6.07) is 15.5. The highest BCUT2D eigenvalue weighted by molar-refractivity contribution is 7.89. The molecule has 0 bridgehead atoms. The number of anilines is 4. The normalized spacial score (nSPS) is 16.9. The lowest BCUT2D eigenvalue weighted by atomic mass is 10.1. The second kappa shape index (κ2) is 11.2. The molecule has 39 heavy (non-hydrogen) atoms. The third-order valence-corrected chi connectivity index (χ3v) is 8.87. The predicted octanol–water partition coefficient (Wildman–Crippen LogP) is 4.13. The average Bonchev–Trinajstić information content (AvgIpc) is 3.32. The first-order valence-electron chi connectivity index (χ1n) is 13.7. The molecule has 5 rings (SSSR count). The van der Waals surface area contributed by atoms with Crippen LogP contribution >= 0.6 is 0 Å². The van der Waals surface area contributed by atoms with Crippen LogP contribution in [0.25, 0.3) is 0 Å². The van der Waals surface area contributed by atoms with Gasteiger partial charge in [0.05, 0.1) is 4.90 Å². The molecule has 2 aromatic carbocycles. The third-order valence-electron chi connectivity index (χ3n) is 7.11. The van der Waals surface area contributed by atoms with Crippen LogP contribution in [0.5, 0.6) is 0 Å². The fourth-order valence-corrected chi connectivity index (χ4v) is 6.54. The molecule has 0 amide bonds. The summed E-state index contributed by atoms with van der Waals surface area (Å²) in [6.07, 6.45) is 2.66. The molecule has 2 N–H and O–H groups in total. The zero-order chi connectivity index (χ0) is 27.6. The van der Waals surface area contributed by atoms with E-state index in [1.54, 1.807) is 18.2 Å². The highest BCUT2D eigenvalue weighted by Crippen LogP contribution is 2.34. The number of likely N-dealkylation sites (N-methyl/N-ethyl adjacent to an activating group) is 1. The molecule has 0 atom stereocenters. The lowest BCUT2D eigenvalue weighted by Crippen LogP contribution is -2.45. The largest absolute Gasteiger partial charge is 0.326 e. The van der Waals surface area contributed by atoms with Crippen molar-refractivity contribution in [3.8, 4) is 0 Å². The van der Waals surface area contributed by atoms with Crippen LogP contribution < -0.4 is 14.9 Å². The van der Waals surface area contributed by atoms with Crippen LogP contribution in [0.15, 0.2) is 59.6 Å². The Morgan fingerprint density at radius 3 is 2.36 bits per heavy atom. The first-order chi connectivity index (χ1) is 18.6. The second-order valence-electron chi connectivity index (χ2n) is 11.3. The van der Waals surface area contributed by atoms with Gasteiger partial charge in [-0.15, -0.1) is 0 Å². The summed E-state index contributed by atoms with van der Waals surface area (Å²) < 4.78 is 28.5. The van der Waals surface area contributed by atoms with E-state index in [-0.39, 0.29) is 4.90 Å². The van der Waals surface area contributed by atoms with E-state index in [1.807, 2.05) is 33.0 Å². The first-order valence-corrected chi connectivity index (χ1v) is 15.2. The molecule has 3 heterocycles. The molecule has 1 fully saturated rings. The molecule has 2 aliphatic rings. The monoisotopic (exact) mass is 549 g/mol. The van der Waals surface area contributed by atoms with Crippen molar-refractivity contribution in [3.63, 3.8) is 0 Å². The number of nitrogens with zero attached hydrogens (tertiary/aromatic N) is 5. The molecule has 0 spiro atoms. The second-order valence-corrected chi connectivity index (χ2v) is 13.0. The van der Waals surface area contributed by atoms with Gasteiger partial charge in [0.2, 0.25) is 16.0 Å². The fraction of sp³-hybridized carbons (Fsp3) is 0.448. The van der Waals surface area contributed by atoms with Gasteiger partial charge in [-0.05, 0) is 69.6 Å². The zero-order valence-electron chi connectivity index (χ0n) is 23.3. The minimum Gasteiger partial charge on any atom is -0.326 e. The highest BCUT2D eigenvalue weighted by atomic mass is 32.2. The molecule has 3 aromatic rings. The number of aromatic nitrogens is 2. The van der Waals surface area contributed by atoms with Crippen molar-refractivity contribution in [1.82, 2.24) is 24.5 Å². The predicted molar refractivity (Wildman–Crippen MR) is 156 cm³/mol. The van der Waals surface area contributed by atoms with Gasteiger partial charge in [0.15, 0.2) is 0 Å². The van der Waals surface area contributed by atoms with Crippen LogP contribution in [-0.4, -0.2) is 73.0 Å². The number of rotatable bonds is 8. The van der Waals surface area contributed by atoms with Gasteiger partial charge >= 0.3 is 0 Å². The number of fused-ring (bicyclic) bond motifs is 1. The Bertz CT molecular complexity index is 1400. The van der Waals surface area contributed by atoms with Crippen molar-refractivity contribution in [2.75, 3.05) is 49.5 Å². The number of nitrogens with one attached hydrogen (secondary N) is 2. The molecular weight excluding hydrogens is 510 g/mol. The lowest BCUT2D eigenvalue weighted by molar-refractivity contribution is 0.132. The van der Waals surface area contributed by atoms with Crippen LogP contribution in [-0.2, 0) is 23.0 Å². The van der Waals surface area contributed by atoms with Crippen LogP contribution in [0, 0.1) is 0 Å². The number of hydrogen-bond acceptors (Lipinski definition) is 8. The van der Waals surface area contributed by atoms with Crippen LogP contribution in [0.3, 0.4) is 0 Å². The minimum absolute atomic E-state index is 0.239. The number of hydrogen-bond donors (Lipinski definition) is 2. The molecule has 0 radical (unpaired) electrons. The molecule has 2 aliphatic heterocycles. The van der Waals surface area contributed by atoms with Gasteiger partial charge < -0.3 is 15.1 Å². The Labute approximate surface area is 232 Å². The molecule has 0 unspecified atom stereocenters. The molecule has 208 valence electrons. The Morgan fingerprint density at radius 2 is 1.67 bits per heavy atom. The van der Waals surface area contributed by atoms with Gasteiger partial charge in [0.25, 0.3) is 0 Å². The SMILES string of the molecule is CCN1CCN(Cc2ccc(Nc3ncc4c(n3)N(c3cccc(S(=O)(=O)NC(C)(C)C)c3)CC4)cc2)CC1. The van der Waals surface area contributed by atoms with Crippen molar-refractivity contribution >= 4 is 33.2 Å². The van der Waals surface area contributed by atoms with E-state index in [0.29, 0.717) is 12.5 Å². The molecular formula is C29H39N7O2S. The summed E-state index contributed by atoms with van der Waals surface area (Å²) in [5.74, 6) is 1.32. The van der Waals surface area contributed by atoms with Gasteiger partial charge in [-0.2, -0.15) is 4.98 Å². The van der Waals surface area contributed by atoms with Gasteiger partial charge in [-0.25, -0.2) is 18.1 Å². The Morgan fingerprint density at radius 1 is 0.949 bits per heavy atom. The van der Waals surface area contributed by atoms with Gasteiger partial charge in [-0.1, -0.05) is 25.1 Å². The summed E-state index contributed by atoms with van der Waals surface area (Å²) in [4.78, 5) is 16.6. The summed E-state index contributed by atoms with van der Waals surface area (Å²) >= 11 is 0. The van der Waals surface area contributed by atoms with E-state index in [1.165, 1.54) is 5.56 Å². The van der Waals surface area contributed by atoms with Crippen molar-refractivity contribution in [2.45, 2.75) is 51.1 Å². The van der Waals surface area contributed by atoms with Crippen molar-refractivity contribution in [1.29, 1.82) is 0 Å². The number of sulfonamides is 1. The standard InChI is InChI=1S/C29H39N7O2S/c1-5-34-15-17-35(18-16-34)21-22-9-11-24(12-10-22)31-28-30-20-23-13-14-36(27(23)32-28)25-7-6-8-26(19-25)39(37,38)33-29(2,3)4/h6-12,19-20,33H,5,13-18,21H2,1-4H3,(H,30,31,32). The van der Waals surface area contributed by atoms with E-state index >= 15 is 0 Å². The molecule has 10 heteroatoms. The fourth-order valence-electron chi connectivity index (χ4n) is 5.08. The van der Waals surface area contributed by atoms with Gasteiger partial charge in [0.1, 0.15) is 5.82 Å². The van der Waals surface area contributed by atoms with Crippen LogP contribution in [0.1, 0.15) is 38.8 Å². The van der Waals surface area contributed by atoms with E-state index < -0.39 is 15.6 Å². The zero-order valence-corrected chi connectivity index (χ0v) is 24.1. The third kappa shape index (κ3) is 6.75. The maximum Gasteiger partial charge on any atom is 0.241 e. The Kier molecular flexibility index (Phi) is 7.91. The topological polar surface area (TPSA) is 93.7 Å². The Hall–Kier alpha value is -3.05. The van der Waals surface area contributed by atoms with Crippen molar-refractivity contribution < 1.29 is 8.42 Å². The molecule has 1 aromatic heterocycles. The summed E-state index contributed by atoms with van der Waals surface area (Å²) in [5.41, 5.74) is 3.49. The van der Waals surface area contributed by atoms with E-state index in [2.05, 4.69) is 60.9 Å². The van der Waals surface area contributed by atoms with Crippen molar-refractivity contribution in [2.24, 2.45) is 0 Å². The average molecular weight is 550 g/mol. The highest BCUT2D eigenvalue weighted by Gasteiger charge is 2.26. The lowest BCUT2D eigenvalue weighted by Gasteiger charge is -2.34. The maximum atomic E-state index is 12.9. The van der Waals surface area contributed by atoms with Crippen LogP contribution in [0.2, 0.25) is 0 Å². The number of benzene rings is 2. The van der Waals surface area contributed by atoms with Gasteiger partial charge in [0, 0.05) is 67.9 Å². The number of piperazine rings is 1. The summed E-state index contributed by atoms with van der Waals surface area (Å²) in [5, 5.41) is 3.34. The molecule has 1 saturated heterocycles. The molecule has 9 nitrogen and oxygen atoms in total. The van der Waals surface area contributed by atoms with E-state index in [0.717, 1.165) is 68.4 Å².